The van der Waals surface area contributed by atoms with Crippen LogP contribution in [0.1, 0.15) is 46.5 Å². The normalized spacial score (nSPS) is 20.6. The minimum Gasteiger partial charge on any atom is -0.370 e. The van der Waals surface area contributed by atoms with Gasteiger partial charge in [0.05, 0.1) is 6.07 Å². The lowest BCUT2D eigenvalue weighted by Crippen LogP contribution is -2.48. The van der Waals surface area contributed by atoms with E-state index in [-0.39, 0.29) is 5.91 Å². The summed E-state index contributed by atoms with van der Waals surface area (Å²) < 4.78 is 0. The molecule has 0 saturated carbocycles. The number of carbonyl (C=O) groups is 1. The third-order valence-electron chi connectivity index (χ3n) is 3.98. The molecule has 5 nitrogen and oxygen atoms in total. The summed E-state index contributed by atoms with van der Waals surface area (Å²) in [6.07, 6.45) is 3.40. The smallest absolute Gasteiger partial charge is 0.217 e. The summed E-state index contributed by atoms with van der Waals surface area (Å²) in [5, 5.41) is 12.7. The summed E-state index contributed by atoms with van der Waals surface area (Å²) in [6, 6.07) is 2.69. The third-order valence-corrected chi connectivity index (χ3v) is 3.98. The molecule has 0 aromatic heterocycles. The van der Waals surface area contributed by atoms with E-state index in [9.17, 15) is 10.1 Å². The lowest BCUT2D eigenvalue weighted by molar-refractivity contribution is -0.119. The van der Waals surface area contributed by atoms with Crippen LogP contribution >= 0.6 is 0 Å². The molecule has 1 saturated heterocycles. The standard InChI is InChI=1S/C15H28N4O/c1-12(2)18-15(3,11-16)6-9-19-7-4-13(5-8-19)10-14(17)20/h12-13,18H,4-10H2,1-3H3,(H2,17,20). The molecule has 0 radical (unpaired) electrons. The van der Waals surface area contributed by atoms with E-state index in [0.717, 1.165) is 38.9 Å². The number of nitrogens with two attached hydrogens (primary N) is 1. The van der Waals surface area contributed by atoms with E-state index in [4.69, 9.17) is 5.73 Å². The van der Waals surface area contributed by atoms with Gasteiger partial charge < -0.3 is 10.6 Å². The van der Waals surface area contributed by atoms with Crippen LogP contribution in [0.4, 0.5) is 0 Å². The fourth-order valence-corrected chi connectivity index (χ4v) is 2.88. The number of likely N-dealkylation sites (tertiary alicyclic amines) is 1. The average Bonchev–Trinajstić information content (AvgIpc) is 2.36. The highest BCUT2D eigenvalue weighted by atomic mass is 16.1. The van der Waals surface area contributed by atoms with Crippen molar-refractivity contribution >= 4 is 5.91 Å². The summed E-state index contributed by atoms with van der Waals surface area (Å²) in [6.45, 7) is 9.01. The Morgan fingerprint density at radius 3 is 2.55 bits per heavy atom. The molecule has 0 spiro atoms. The number of carbonyl (C=O) groups excluding carboxylic acids is 1. The first-order valence-electron chi connectivity index (χ1n) is 7.54. The molecule has 114 valence electrons. The zero-order valence-corrected chi connectivity index (χ0v) is 13.0. The van der Waals surface area contributed by atoms with Gasteiger partial charge in [-0.25, -0.2) is 0 Å². The van der Waals surface area contributed by atoms with Gasteiger partial charge >= 0.3 is 0 Å². The molecule has 1 atom stereocenters. The van der Waals surface area contributed by atoms with Crippen LogP contribution in [0.2, 0.25) is 0 Å². The summed E-state index contributed by atoms with van der Waals surface area (Å²) in [5.41, 5.74) is 4.78. The van der Waals surface area contributed by atoms with Gasteiger partial charge in [0.1, 0.15) is 5.54 Å². The lowest BCUT2D eigenvalue weighted by atomic mass is 9.92. The van der Waals surface area contributed by atoms with Crippen LogP contribution in [-0.2, 0) is 4.79 Å². The molecule has 0 aromatic carbocycles. The van der Waals surface area contributed by atoms with Crippen LogP contribution in [0.5, 0.6) is 0 Å². The van der Waals surface area contributed by atoms with Crippen molar-refractivity contribution < 1.29 is 4.79 Å². The Kier molecular flexibility index (Phi) is 6.44. The largest absolute Gasteiger partial charge is 0.370 e. The number of hydrogen-bond acceptors (Lipinski definition) is 4. The topological polar surface area (TPSA) is 82.2 Å². The quantitative estimate of drug-likeness (QED) is 0.735. The fourth-order valence-electron chi connectivity index (χ4n) is 2.88. The van der Waals surface area contributed by atoms with Crippen LogP contribution in [0.25, 0.3) is 0 Å². The second-order valence-electron chi connectivity index (χ2n) is 6.45. The van der Waals surface area contributed by atoms with Crippen molar-refractivity contribution in [1.29, 1.82) is 5.26 Å². The van der Waals surface area contributed by atoms with Crippen molar-refractivity contribution in [2.24, 2.45) is 11.7 Å². The molecule has 1 fully saturated rings. The summed E-state index contributed by atoms with van der Waals surface area (Å²) in [7, 11) is 0. The van der Waals surface area contributed by atoms with E-state index in [2.05, 4.69) is 30.1 Å². The molecular formula is C15H28N4O. The SMILES string of the molecule is CC(C)NC(C)(C#N)CCN1CCC(CC(N)=O)CC1. The highest BCUT2D eigenvalue weighted by molar-refractivity contribution is 5.73. The van der Waals surface area contributed by atoms with Gasteiger partial charge in [0.2, 0.25) is 5.91 Å². The third kappa shape index (κ3) is 5.89. The average molecular weight is 280 g/mol. The van der Waals surface area contributed by atoms with Crippen molar-refractivity contribution in [3.63, 3.8) is 0 Å². The molecule has 1 aliphatic rings. The summed E-state index contributed by atoms with van der Waals surface area (Å²) in [5.74, 6) is 0.251. The molecule has 1 heterocycles. The van der Waals surface area contributed by atoms with Crippen molar-refractivity contribution in [2.75, 3.05) is 19.6 Å². The molecule has 1 aliphatic heterocycles. The van der Waals surface area contributed by atoms with E-state index < -0.39 is 5.54 Å². The zero-order chi connectivity index (χ0) is 15.2. The maximum Gasteiger partial charge on any atom is 0.217 e. The number of nitrogens with one attached hydrogen (secondary N) is 1. The zero-order valence-electron chi connectivity index (χ0n) is 13.0. The van der Waals surface area contributed by atoms with Gasteiger partial charge in [-0.15, -0.1) is 0 Å². The molecular weight excluding hydrogens is 252 g/mol. The Balaban J connectivity index is 2.33. The van der Waals surface area contributed by atoms with E-state index >= 15 is 0 Å². The highest BCUT2D eigenvalue weighted by Crippen LogP contribution is 2.21. The van der Waals surface area contributed by atoms with E-state index in [1.54, 1.807) is 0 Å². The van der Waals surface area contributed by atoms with Crippen LogP contribution in [0.3, 0.4) is 0 Å². The first-order valence-corrected chi connectivity index (χ1v) is 7.54. The van der Waals surface area contributed by atoms with Gasteiger partial charge in [0.15, 0.2) is 0 Å². The molecule has 1 unspecified atom stereocenters. The van der Waals surface area contributed by atoms with Gasteiger partial charge in [-0.05, 0) is 59.0 Å². The van der Waals surface area contributed by atoms with E-state index in [1.807, 2.05) is 6.92 Å². The molecule has 5 heteroatoms. The summed E-state index contributed by atoms with van der Waals surface area (Å²) in [4.78, 5) is 13.3. The van der Waals surface area contributed by atoms with Crippen molar-refractivity contribution in [2.45, 2.75) is 58.0 Å². The number of hydrogen-bond donors (Lipinski definition) is 2. The van der Waals surface area contributed by atoms with Gasteiger partial charge in [-0.2, -0.15) is 5.26 Å². The Hall–Kier alpha value is -1.12. The van der Waals surface area contributed by atoms with Crippen molar-refractivity contribution in [3.05, 3.63) is 0 Å². The van der Waals surface area contributed by atoms with Crippen molar-refractivity contribution in [3.8, 4) is 6.07 Å². The Morgan fingerprint density at radius 2 is 2.10 bits per heavy atom. The monoisotopic (exact) mass is 280 g/mol. The number of primary amides is 1. The number of piperidine rings is 1. The number of rotatable bonds is 7. The molecule has 20 heavy (non-hydrogen) atoms. The number of nitrogens with zero attached hydrogens (tertiary/aromatic N) is 2. The fraction of sp³-hybridized carbons (Fsp3) is 0.867. The minimum atomic E-state index is -0.460. The predicted molar refractivity (Wildman–Crippen MR) is 79.9 cm³/mol. The van der Waals surface area contributed by atoms with Gasteiger partial charge in [0.25, 0.3) is 0 Å². The second kappa shape index (κ2) is 7.61. The maximum atomic E-state index is 10.9. The number of amides is 1. The van der Waals surface area contributed by atoms with Crippen LogP contribution in [0, 0.1) is 17.2 Å². The Bertz CT molecular complexity index is 355. The molecule has 3 N–H and O–H groups in total. The minimum absolute atomic E-state index is 0.193. The first-order chi connectivity index (χ1) is 9.34. The highest BCUT2D eigenvalue weighted by Gasteiger charge is 2.27. The Morgan fingerprint density at radius 1 is 1.50 bits per heavy atom. The second-order valence-corrected chi connectivity index (χ2v) is 6.45. The number of nitriles is 1. The molecule has 0 aliphatic carbocycles. The lowest BCUT2D eigenvalue weighted by Gasteiger charge is -2.34. The Labute approximate surface area is 122 Å². The molecule has 1 amide bonds. The van der Waals surface area contributed by atoms with Crippen molar-refractivity contribution in [1.82, 2.24) is 10.2 Å². The van der Waals surface area contributed by atoms with Crippen LogP contribution in [0.15, 0.2) is 0 Å². The molecule has 0 aromatic rings. The van der Waals surface area contributed by atoms with E-state index in [1.165, 1.54) is 0 Å². The first kappa shape index (κ1) is 16.9. The maximum absolute atomic E-state index is 10.9. The van der Waals surface area contributed by atoms with E-state index in [0.29, 0.717) is 18.4 Å². The van der Waals surface area contributed by atoms with Gasteiger partial charge in [0, 0.05) is 19.0 Å². The van der Waals surface area contributed by atoms with Gasteiger partial charge in [-0.3, -0.25) is 10.1 Å². The van der Waals surface area contributed by atoms with Gasteiger partial charge in [-0.1, -0.05) is 0 Å². The van der Waals surface area contributed by atoms with Crippen LogP contribution in [-0.4, -0.2) is 42.0 Å². The molecule has 0 bridgehead atoms. The predicted octanol–water partition coefficient (Wildman–Crippen LogP) is 1.24. The molecule has 1 rings (SSSR count). The van der Waals surface area contributed by atoms with Crippen LogP contribution < -0.4 is 11.1 Å². The summed E-state index contributed by atoms with van der Waals surface area (Å²) >= 11 is 0.